The summed E-state index contributed by atoms with van der Waals surface area (Å²) in [5.41, 5.74) is -1.47. The molecule has 0 saturated heterocycles. The van der Waals surface area contributed by atoms with Gasteiger partial charge in [-0.1, -0.05) is 18.2 Å². The molecule has 0 saturated carbocycles. The fourth-order valence-corrected chi connectivity index (χ4v) is 2.75. The van der Waals surface area contributed by atoms with Crippen LogP contribution in [0.3, 0.4) is 0 Å². The van der Waals surface area contributed by atoms with Crippen LogP contribution in [0.15, 0.2) is 42.5 Å². The van der Waals surface area contributed by atoms with Gasteiger partial charge in [-0.05, 0) is 18.2 Å². The summed E-state index contributed by atoms with van der Waals surface area (Å²) >= 11 is 0. The van der Waals surface area contributed by atoms with Crippen molar-refractivity contribution >= 4 is 22.6 Å². The normalized spacial score (nSPS) is 11.5. The topological polar surface area (TPSA) is 85.2 Å². The van der Waals surface area contributed by atoms with Crippen LogP contribution < -0.4 is 0 Å². The lowest BCUT2D eigenvalue weighted by atomic mass is 9.98. The molecular formula is C17H11F3N2O4. The molecule has 2 aromatic carbocycles. The van der Waals surface area contributed by atoms with Gasteiger partial charge >= 0.3 is 12.1 Å². The van der Waals surface area contributed by atoms with Crippen molar-refractivity contribution in [2.75, 3.05) is 7.11 Å². The van der Waals surface area contributed by atoms with Crippen molar-refractivity contribution < 1.29 is 27.6 Å². The fourth-order valence-electron chi connectivity index (χ4n) is 2.75. The van der Waals surface area contributed by atoms with E-state index in [0.717, 1.165) is 19.2 Å². The van der Waals surface area contributed by atoms with Crippen LogP contribution in [0.1, 0.15) is 16.1 Å². The van der Waals surface area contributed by atoms with Gasteiger partial charge in [0.25, 0.3) is 5.69 Å². The van der Waals surface area contributed by atoms with E-state index in [4.69, 9.17) is 0 Å². The van der Waals surface area contributed by atoms with Gasteiger partial charge in [0.2, 0.25) is 0 Å². The first-order valence-electron chi connectivity index (χ1n) is 7.29. The number of carbonyl (C=O) groups is 1. The highest BCUT2D eigenvalue weighted by molar-refractivity contribution is 6.09. The third kappa shape index (κ3) is 2.87. The van der Waals surface area contributed by atoms with Gasteiger partial charge in [0.15, 0.2) is 0 Å². The third-order valence-electron chi connectivity index (χ3n) is 3.89. The van der Waals surface area contributed by atoms with Gasteiger partial charge in [-0.25, -0.2) is 4.79 Å². The number of carbonyl (C=O) groups excluding carboxylic acids is 1. The van der Waals surface area contributed by atoms with Gasteiger partial charge in [-0.15, -0.1) is 0 Å². The van der Waals surface area contributed by atoms with E-state index >= 15 is 0 Å². The molecule has 0 fully saturated rings. The highest BCUT2D eigenvalue weighted by Gasteiger charge is 2.34. The van der Waals surface area contributed by atoms with E-state index in [0.29, 0.717) is 17.0 Å². The number of fused-ring (bicyclic) bond motifs is 1. The summed E-state index contributed by atoms with van der Waals surface area (Å²) in [6.07, 6.45) is -4.73. The zero-order valence-corrected chi connectivity index (χ0v) is 13.3. The number of alkyl halides is 3. The monoisotopic (exact) mass is 364 g/mol. The Morgan fingerprint density at radius 2 is 1.88 bits per heavy atom. The van der Waals surface area contributed by atoms with Crippen LogP contribution in [-0.4, -0.2) is 23.0 Å². The maximum atomic E-state index is 12.9. The molecule has 0 aliphatic carbocycles. The van der Waals surface area contributed by atoms with Crippen molar-refractivity contribution in [2.24, 2.45) is 0 Å². The van der Waals surface area contributed by atoms with Crippen molar-refractivity contribution in [3.63, 3.8) is 0 Å². The Bertz CT molecular complexity index is 1020. The number of rotatable bonds is 3. The number of para-hydroxylation sites is 1. The molecule has 0 unspecified atom stereocenters. The molecule has 26 heavy (non-hydrogen) atoms. The Morgan fingerprint density at radius 3 is 2.50 bits per heavy atom. The highest BCUT2D eigenvalue weighted by Crippen LogP contribution is 2.41. The number of halogens is 3. The molecular weight excluding hydrogens is 353 g/mol. The maximum Gasteiger partial charge on any atom is 0.416 e. The number of ether oxygens (including phenoxy) is 1. The van der Waals surface area contributed by atoms with E-state index in [9.17, 15) is 28.1 Å². The summed E-state index contributed by atoms with van der Waals surface area (Å²) in [6.45, 7) is 0. The number of aromatic nitrogens is 1. The molecule has 0 bridgehead atoms. The lowest BCUT2D eigenvalue weighted by Gasteiger charge is -2.09. The van der Waals surface area contributed by atoms with E-state index in [1.807, 2.05) is 0 Å². The standard InChI is InChI=1S/C17H11F3N2O4/c1-26-16(23)15-14(10-4-2-3-5-12(10)21-15)11-7-6-9(17(18,19)20)8-13(11)22(24)25/h2-8,21H,1H3. The largest absolute Gasteiger partial charge is 0.464 e. The van der Waals surface area contributed by atoms with Gasteiger partial charge < -0.3 is 9.72 Å². The predicted octanol–water partition coefficient (Wildman–Crippen LogP) is 4.55. The number of H-pyrrole nitrogens is 1. The average Bonchev–Trinajstić information content (AvgIpc) is 2.99. The molecule has 1 heterocycles. The number of nitrogens with one attached hydrogen (secondary N) is 1. The zero-order chi connectivity index (χ0) is 19.1. The van der Waals surface area contributed by atoms with Crippen LogP contribution in [0.2, 0.25) is 0 Å². The number of nitro groups is 1. The maximum absolute atomic E-state index is 12.9. The van der Waals surface area contributed by atoms with Crippen LogP contribution >= 0.6 is 0 Å². The number of nitrogens with zero attached hydrogens (tertiary/aromatic N) is 1. The van der Waals surface area contributed by atoms with Gasteiger partial charge in [-0.3, -0.25) is 10.1 Å². The molecule has 0 aliphatic heterocycles. The first kappa shape index (κ1) is 17.5. The molecule has 1 N–H and O–H groups in total. The molecule has 0 aliphatic rings. The number of esters is 1. The minimum Gasteiger partial charge on any atom is -0.464 e. The van der Waals surface area contributed by atoms with E-state index in [1.165, 1.54) is 0 Å². The number of aromatic amines is 1. The van der Waals surface area contributed by atoms with Crippen LogP contribution in [0.5, 0.6) is 0 Å². The number of hydrogen-bond acceptors (Lipinski definition) is 4. The second kappa shape index (κ2) is 6.17. The van der Waals surface area contributed by atoms with Crippen molar-refractivity contribution in [1.29, 1.82) is 0 Å². The Morgan fingerprint density at radius 1 is 1.19 bits per heavy atom. The summed E-state index contributed by atoms with van der Waals surface area (Å²) in [5.74, 6) is -0.787. The number of nitro benzene ring substituents is 1. The second-order valence-electron chi connectivity index (χ2n) is 5.40. The Hall–Kier alpha value is -3.36. The summed E-state index contributed by atoms with van der Waals surface area (Å²) in [4.78, 5) is 25.4. The SMILES string of the molecule is COC(=O)c1[nH]c2ccccc2c1-c1ccc(C(F)(F)F)cc1[N+](=O)[O-]. The van der Waals surface area contributed by atoms with Gasteiger partial charge in [0.05, 0.1) is 23.2 Å². The molecule has 1 aromatic heterocycles. The van der Waals surface area contributed by atoms with Crippen molar-refractivity contribution in [1.82, 2.24) is 4.98 Å². The molecule has 134 valence electrons. The predicted molar refractivity (Wildman–Crippen MR) is 86.7 cm³/mol. The van der Waals surface area contributed by atoms with Crippen molar-refractivity contribution in [3.8, 4) is 11.1 Å². The average molecular weight is 364 g/mol. The van der Waals surface area contributed by atoms with Gasteiger partial charge in [0, 0.05) is 22.5 Å². The van der Waals surface area contributed by atoms with Gasteiger partial charge in [-0.2, -0.15) is 13.2 Å². The Kier molecular flexibility index (Phi) is 4.15. The first-order valence-corrected chi connectivity index (χ1v) is 7.29. The lowest BCUT2D eigenvalue weighted by molar-refractivity contribution is -0.384. The summed E-state index contributed by atoms with van der Waals surface area (Å²) in [7, 11) is 1.14. The highest BCUT2D eigenvalue weighted by atomic mass is 19.4. The van der Waals surface area contributed by atoms with E-state index < -0.39 is 28.3 Å². The Labute approximate surface area is 144 Å². The molecule has 3 aromatic rings. The van der Waals surface area contributed by atoms with E-state index in [2.05, 4.69) is 9.72 Å². The summed E-state index contributed by atoms with van der Waals surface area (Å²) in [5, 5.41) is 11.8. The van der Waals surface area contributed by atoms with Gasteiger partial charge in [0.1, 0.15) is 5.69 Å². The molecule has 6 nitrogen and oxygen atoms in total. The number of hydrogen-bond donors (Lipinski definition) is 1. The summed E-state index contributed by atoms with van der Waals surface area (Å²) < 4.78 is 43.4. The molecule has 0 radical (unpaired) electrons. The Balaban J connectivity index is 2.36. The molecule has 0 atom stereocenters. The van der Waals surface area contributed by atoms with Crippen LogP contribution in [0.25, 0.3) is 22.0 Å². The molecule has 9 heteroatoms. The minimum atomic E-state index is -4.73. The van der Waals surface area contributed by atoms with Crippen LogP contribution in [0, 0.1) is 10.1 Å². The van der Waals surface area contributed by atoms with Crippen molar-refractivity contribution in [3.05, 3.63) is 63.8 Å². The minimum absolute atomic E-state index is 0.0726. The molecule has 3 rings (SSSR count). The summed E-state index contributed by atoms with van der Waals surface area (Å²) in [6, 6.07) is 8.77. The smallest absolute Gasteiger partial charge is 0.416 e. The molecule has 0 amide bonds. The number of benzene rings is 2. The lowest BCUT2D eigenvalue weighted by Crippen LogP contribution is -2.07. The third-order valence-corrected chi connectivity index (χ3v) is 3.89. The number of methoxy groups -OCH3 is 1. The van der Waals surface area contributed by atoms with Crippen molar-refractivity contribution in [2.45, 2.75) is 6.18 Å². The molecule has 0 spiro atoms. The van der Waals surface area contributed by atoms with Crippen LogP contribution in [-0.2, 0) is 10.9 Å². The van der Waals surface area contributed by atoms with E-state index in [1.54, 1.807) is 24.3 Å². The zero-order valence-electron chi connectivity index (χ0n) is 13.3. The fraction of sp³-hybridized carbons (Fsp3) is 0.118. The second-order valence-corrected chi connectivity index (χ2v) is 5.40. The quantitative estimate of drug-likeness (QED) is 0.420. The van der Waals surface area contributed by atoms with E-state index in [-0.39, 0.29) is 16.8 Å². The van der Waals surface area contributed by atoms with Crippen LogP contribution in [0.4, 0.5) is 18.9 Å². The first-order chi connectivity index (χ1) is 12.2.